The standard InChI is InChI=1S/C11H12N4/c1-15(2)14-13-11-7-8-12-10-6-4-3-5-9(10)11/h3-8H,1-2H3. The number of hydrogen-bond acceptors (Lipinski definition) is 3. The lowest BCUT2D eigenvalue weighted by Gasteiger charge is -2.02. The average molecular weight is 200 g/mol. The van der Waals surface area contributed by atoms with Crippen LogP contribution >= 0.6 is 0 Å². The number of rotatable bonds is 2. The van der Waals surface area contributed by atoms with Crippen molar-refractivity contribution in [2.45, 2.75) is 0 Å². The quantitative estimate of drug-likeness (QED) is 0.552. The molecule has 0 aliphatic carbocycles. The van der Waals surface area contributed by atoms with Gasteiger partial charge in [-0.2, -0.15) is 0 Å². The van der Waals surface area contributed by atoms with E-state index in [1.54, 1.807) is 11.2 Å². The molecule has 0 fully saturated rings. The fourth-order valence-corrected chi connectivity index (χ4v) is 1.31. The van der Waals surface area contributed by atoms with Gasteiger partial charge in [0, 0.05) is 25.7 Å². The molecule has 2 rings (SSSR count). The summed E-state index contributed by atoms with van der Waals surface area (Å²) >= 11 is 0. The fraction of sp³-hybridized carbons (Fsp3) is 0.182. The minimum absolute atomic E-state index is 0.842. The van der Waals surface area contributed by atoms with E-state index in [1.807, 2.05) is 44.4 Å². The van der Waals surface area contributed by atoms with Gasteiger partial charge in [0.25, 0.3) is 0 Å². The first-order chi connectivity index (χ1) is 7.27. The summed E-state index contributed by atoms with van der Waals surface area (Å²) in [5, 5.41) is 10.8. The Hall–Kier alpha value is -1.97. The lowest BCUT2D eigenvalue weighted by molar-refractivity contribution is 0.408. The minimum atomic E-state index is 0.842. The summed E-state index contributed by atoms with van der Waals surface area (Å²) in [6.07, 6.45) is 1.74. The predicted molar refractivity (Wildman–Crippen MR) is 59.9 cm³/mol. The molecule has 0 saturated carbocycles. The van der Waals surface area contributed by atoms with Crippen molar-refractivity contribution < 1.29 is 0 Å². The summed E-state index contributed by atoms with van der Waals surface area (Å²) in [5.74, 6) is 0. The number of hydrogen-bond donors (Lipinski definition) is 0. The van der Waals surface area contributed by atoms with Crippen molar-refractivity contribution in [1.82, 2.24) is 9.99 Å². The van der Waals surface area contributed by atoms with Crippen molar-refractivity contribution in [2.24, 2.45) is 10.3 Å². The molecule has 2 aromatic rings. The summed E-state index contributed by atoms with van der Waals surface area (Å²) in [5.41, 5.74) is 1.78. The molecule has 0 aliphatic rings. The number of benzene rings is 1. The van der Waals surface area contributed by atoms with Crippen molar-refractivity contribution in [3.05, 3.63) is 36.5 Å². The van der Waals surface area contributed by atoms with Gasteiger partial charge in [-0.25, -0.2) is 0 Å². The van der Waals surface area contributed by atoms with Crippen molar-refractivity contribution in [2.75, 3.05) is 14.1 Å². The lowest BCUT2D eigenvalue weighted by atomic mass is 10.2. The first-order valence-electron chi connectivity index (χ1n) is 4.70. The van der Waals surface area contributed by atoms with Crippen molar-refractivity contribution >= 4 is 16.6 Å². The number of pyridine rings is 1. The van der Waals surface area contributed by atoms with Crippen molar-refractivity contribution in [1.29, 1.82) is 0 Å². The molecule has 1 heterocycles. The smallest absolute Gasteiger partial charge is 0.0983 e. The van der Waals surface area contributed by atoms with Crippen LogP contribution in [0.15, 0.2) is 46.9 Å². The maximum absolute atomic E-state index is 4.25. The third-order valence-electron chi connectivity index (χ3n) is 1.96. The van der Waals surface area contributed by atoms with Crippen LogP contribution in [0.25, 0.3) is 10.9 Å². The normalized spacial score (nSPS) is 11.1. The monoisotopic (exact) mass is 200 g/mol. The third-order valence-corrected chi connectivity index (χ3v) is 1.96. The second kappa shape index (κ2) is 4.04. The maximum Gasteiger partial charge on any atom is 0.0983 e. The number of para-hydroxylation sites is 1. The van der Waals surface area contributed by atoms with Gasteiger partial charge in [0.05, 0.1) is 11.2 Å². The van der Waals surface area contributed by atoms with E-state index in [0.29, 0.717) is 0 Å². The van der Waals surface area contributed by atoms with Crippen LogP contribution in [0.2, 0.25) is 0 Å². The van der Waals surface area contributed by atoms with Gasteiger partial charge in [0.2, 0.25) is 0 Å². The van der Waals surface area contributed by atoms with E-state index in [1.165, 1.54) is 0 Å². The van der Waals surface area contributed by atoms with Crippen LogP contribution < -0.4 is 0 Å². The molecule has 0 radical (unpaired) electrons. The van der Waals surface area contributed by atoms with Gasteiger partial charge < -0.3 is 0 Å². The highest BCUT2D eigenvalue weighted by molar-refractivity contribution is 5.89. The highest BCUT2D eigenvalue weighted by Crippen LogP contribution is 2.23. The summed E-state index contributed by atoms with van der Waals surface area (Å²) < 4.78 is 0. The molecule has 76 valence electrons. The van der Waals surface area contributed by atoms with E-state index >= 15 is 0 Å². The Labute approximate surface area is 88.2 Å². The molecular formula is C11H12N4. The lowest BCUT2D eigenvalue weighted by Crippen LogP contribution is -1.98. The second-order valence-electron chi connectivity index (χ2n) is 3.38. The van der Waals surface area contributed by atoms with Gasteiger partial charge in [-0.3, -0.25) is 9.99 Å². The summed E-state index contributed by atoms with van der Waals surface area (Å²) in [6.45, 7) is 0. The molecule has 0 spiro atoms. The fourth-order valence-electron chi connectivity index (χ4n) is 1.31. The summed E-state index contributed by atoms with van der Waals surface area (Å²) in [4.78, 5) is 4.25. The number of fused-ring (bicyclic) bond motifs is 1. The largest absolute Gasteiger partial charge is 0.285 e. The molecule has 15 heavy (non-hydrogen) atoms. The molecular weight excluding hydrogens is 188 g/mol. The van der Waals surface area contributed by atoms with Gasteiger partial charge in [0.1, 0.15) is 0 Å². The summed E-state index contributed by atoms with van der Waals surface area (Å²) in [6, 6.07) is 9.74. The SMILES string of the molecule is CN(C)N=Nc1ccnc2ccccc12. The third kappa shape index (κ3) is 2.10. The first-order valence-corrected chi connectivity index (χ1v) is 4.70. The molecule has 0 N–H and O–H groups in total. The van der Waals surface area contributed by atoms with Crippen LogP contribution in [-0.4, -0.2) is 24.1 Å². The molecule has 1 aromatic heterocycles. The molecule has 0 saturated heterocycles. The van der Waals surface area contributed by atoms with Crippen LogP contribution in [0.5, 0.6) is 0 Å². The van der Waals surface area contributed by atoms with Gasteiger partial charge in [-0.1, -0.05) is 23.4 Å². The van der Waals surface area contributed by atoms with Crippen LogP contribution in [0.3, 0.4) is 0 Å². The zero-order valence-corrected chi connectivity index (χ0v) is 8.75. The molecule has 0 aliphatic heterocycles. The van der Waals surface area contributed by atoms with Gasteiger partial charge in [-0.15, -0.1) is 5.11 Å². The van der Waals surface area contributed by atoms with E-state index in [0.717, 1.165) is 16.6 Å². The van der Waals surface area contributed by atoms with Crippen molar-refractivity contribution in [3.63, 3.8) is 0 Å². The Morgan fingerprint density at radius 3 is 2.73 bits per heavy atom. The van der Waals surface area contributed by atoms with Crippen molar-refractivity contribution in [3.8, 4) is 0 Å². The van der Waals surface area contributed by atoms with Crippen LogP contribution in [0, 0.1) is 0 Å². The molecule has 4 heteroatoms. The zero-order valence-electron chi connectivity index (χ0n) is 8.75. The highest BCUT2D eigenvalue weighted by Gasteiger charge is 1.98. The second-order valence-corrected chi connectivity index (χ2v) is 3.38. The molecule has 0 unspecified atom stereocenters. The van der Waals surface area contributed by atoms with Crippen LogP contribution in [0.1, 0.15) is 0 Å². The van der Waals surface area contributed by atoms with E-state index in [4.69, 9.17) is 0 Å². The Kier molecular flexibility index (Phi) is 2.58. The molecule has 0 amide bonds. The Bertz CT molecular complexity index is 485. The summed E-state index contributed by atoms with van der Waals surface area (Å²) in [7, 11) is 3.68. The first kappa shape index (κ1) is 9.58. The maximum atomic E-state index is 4.25. The zero-order chi connectivity index (χ0) is 10.7. The molecule has 0 atom stereocenters. The van der Waals surface area contributed by atoms with Crippen LogP contribution in [-0.2, 0) is 0 Å². The van der Waals surface area contributed by atoms with Gasteiger partial charge in [0.15, 0.2) is 0 Å². The van der Waals surface area contributed by atoms with Gasteiger partial charge >= 0.3 is 0 Å². The molecule has 4 nitrogen and oxygen atoms in total. The van der Waals surface area contributed by atoms with E-state index < -0.39 is 0 Å². The van der Waals surface area contributed by atoms with Crippen LogP contribution in [0.4, 0.5) is 5.69 Å². The molecule has 1 aromatic carbocycles. The minimum Gasteiger partial charge on any atom is -0.285 e. The topological polar surface area (TPSA) is 40.9 Å². The Balaban J connectivity index is 2.51. The predicted octanol–water partition coefficient (Wildman–Crippen LogP) is 2.80. The number of aromatic nitrogens is 1. The average Bonchev–Trinajstić information content (AvgIpc) is 2.26. The van der Waals surface area contributed by atoms with E-state index in [-0.39, 0.29) is 0 Å². The van der Waals surface area contributed by atoms with E-state index in [9.17, 15) is 0 Å². The Morgan fingerprint density at radius 2 is 1.93 bits per heavy atom. The number of nitrogens with zero attached hydrogens (tertiary/aromatic N) is 4. The molecule has 0 bridgehead atoms. The van der Waals surface area contributed by atoms with Gasteiger partial charge in [-0.05, 0) is 12.1 Å². The van der Waals surface area contributed by atoms with E-state index in [2.05, 4.69) is 15.3 Å². The highest BCUT2D eigenvalue weighted by atomic mass is 15.5. The Morgan fingerprint density at radius 1 is 1.13 bits per heavy atom.